The number of piperidine rings is 1. The van der Waals surface area contributed by atoms with Crippen molar-refractivity contribution in [3.63, 3.8) is 0 Å². The monoisotopic (exact) mass is 402 g/mol. The van der Waals surface area contributed by atoms with Crippen LogP contribution in [0.4, 0.5) is 0 Å². The van der Waals surface area contributed by atoms with Gasteiger partial charge in [0.25, 0.3) is 0 Å². The van der Waals surface area contributed by atoms with Crippen molar-refractivity contribution in [3.8, 4) is 0 Å². The molecular formula is C24H38N2O3. The molecule has 5 heteroatoms. The Labute approximate surface area is 175 Å². The number of hydrogen-bond acceptors (Lipinski definition) is 4. The first kappa shape index (κ1) is 22.3. The second-order valence-electron chi connectivity index (χ2n) is 9.02. The van der Waals surface area contributed by atoms with Crippen LogP contribution in [-0.4, -0.2) is 41.9 Å². The van der Waals surface area contributed by atoms with Crippen molar-refractivity contribution < 1.29 is 15.0 Å². The number of carbonyl (C=O) groups is 1. The lowest BCUT2D eigenvalue weighted by Gasteiger charge is -2.31. The Kier molecular flexibility index (Phi) is 8.96. The Morgan fingerprint density at radius 1 is 1.07 bits per heavy atom. The molecule has 1 heterocycles. The van der Waals surface area contributed by atoms with E-state index in [1.807, 2.05) is 30.3 Å². The molecule has 2 unspecified atom stereocenters. The molecule has 4 atom stereocenters. The largest absolute Gasteiger partial charge is 0.396 e. The zero-order valence-corrected chi connectivity index (χ0v) is 17.6. The van der Waals surface area contributed by atoms with E-state index in [4.69, 9.17) is 0 Å². The maximum Gasteiger partial charge on any atom is 0.237 e. The van der Waals surface area contributed by atoms with Gasteiger partial charge in [0.1, 0.15) is 0 Å². The Morgan fingerprint density at radius 2 is 1.79 bits per heavy atom. The first-order valence-electron chi connectivity index (χ1n) is 11.5. The van der Waals surface area contributed by atoms with Crippen LogP contribution in [0, 0.1) is 17.8 Å². The highest BCUT2D eigenvalue weighted by Gasteiger charge is 2.28. The number of benzene rings is 1. The van der Waals surface area contributed by atoms with Gasteiger partial charge >= 0.3 is 0 Å². The summed E-state index contributed by atoms with van der Waals surface area (Å²) in [7, 11) is 0. The summed E-state index contributed by atoms with van der Waals surface area (Å²) in [4.78, 5) is 12.7. The van der Waals surface area contributed by atoms with Gasteiger partial charge < -0.3 is 20.8 Å². The first-order valence-corrected chi connectivity index (χ1v) is 11.5. The second-order valence-corrected chi connectivity index (χ2v) is 9.02. The molecule has 0 bridgehead atoms. The molecule has 162 valence electrons. The van der Waals surface area contributed by atoms with Gasteiger partial charge in [-0.3, -0.25) is 4.79 Å². The van der Waals surface area contributed by atoms with E-state index >= 15 is 0 Å². The summed E-state index contributed by atoms with van der Waals surface area (Å²) in [5, 5.41) is 26.5. The molecule has 2 fully saturated rings. The zero-order valence-electron chi connectivity index (χ0n) is 17.6. The summed E-state index contributed by atoms with van der Waals surface area (Å²) in [6.07, 6.45) is 10.8. The van der Waals surface area contributed by atoms with Gasteiger partial charge in [0.05, 0.1) is 18.8 Å². The standard InChI is InChI=1S/C24H38N2O3/c27-17-21(23(28)20-9-5-2-6-10-20)16-26-24(29)22-15-19(13-14-25-22)12-11-18-7-3-1-4-8-18/h2,5-6,9-10,18-19,21-23,25,27-28H,1,3-4,7-8,11-17H2,(H,26,29)/t19-,21?,22+,23?/m0/s1. The lowest BCUT2D eigenvalue weighted by molar-refractivity contribution is -0.124. The third-order valence-corrected chi connectivity index (χ3v) is 6.90. The van der Waals surface area contributed by atoms with E-state index in [9.17, 15) is 15.0 Å². The van der Waals surface area contributed by atoms with Crippen molar-refractivity contribution in [3.05, 3.63) is 35.9 Å². The van der Waals surface area contributed by atoms with E-state index in [0.29, 0.717) is 5.92 Å². The number of carbonyl (C=O) groups excluding carboxylic acids is 1. The van der Waals surface area contributed by atoms with Gasteiger partial charge in [-0.2, -0.15) is 0 Å². The molecule has 3 rings (SSSR count). The second kappa shape index (κ2) is 11.7. The van der Waals surface area contributed by atoms with Crippen molar-refractivity contribution >= 4 is 5.91 Å². The van der Waals surface area contributed by atoms with E-state index in [1.165, 1.54) is 44.9 Å². The van der Waals surface area contributed by atoms with Gasteiger partial charge in [-0.05, 0) is 36.8 Å². The van der Waals surface area contributed by atoms with Crippen LogP contribution in [0.1, 0.15) is 69.5 Å². The molecular weight excluding hydrogens is 364 g/mol. The maximum absolute atomic E-state index is 12.7. The van der Waals surface area contributed by atoms with Crippen LogP contribution >= 0.6 is 0 Å². The molecule has 1 aliphatic heterocycles. The van der Waals surface area contributed by atoms with Crippen LogP contribution in [0.15, 0.2) is 30.3 Å². The van der Waals surface area contributed by atoms with Crippen LogP contribution in [0.25, 0.3) is 0 Å². The van der Waals surface area contributed by atoms with Crippen molar-refractivity contribution in [2.24, 2.45) is 17.8 Å². The highest BCUT2D eigenvalue weighted by atomic mass is 16.3. The van der Waals surface area contributed by atoms with E-state index in [-0.39, 0.29) is 25.1 Å². The highest BCUT2D eigenvalue weighted by molar-refractivity contribution is 5.81. The Hall–Kier alpha value is -1.43. The minimum Gasteiger partial charge on any atom is -0.396 e. The van der Waals surface area contributed by atoms with Gasteiger partial charge in [-0.15, -0.1) is 0 Å². The van der Waals surface area contributed by atoms with Crippen molar-refractivity contribution in [1.82, 2.24) is 10.6 Å². The first-order chi connectivity index (χ1) is 14.2. The maximum atomic E-state index is 12.7. The average Bonchev–Trinajstić information content (AvgIpc) is 2.79. The smallest absolute Gasteiger partial charge is 0.237 e. The van der Waals surface area contributed by atoms with Crippen LogP contribution < -0.4 is 10.6 Å². The molecule has 1 saturated carbocycles. The topological polar surface area (TPSA) is 81.6 Å². The summed E-state index contributed by atoms with van der Waals surface area (Å²) in [5.41, 5.74) is 0.763. The lowest BCUT2D eigenvalue weighted by atomic mass is 9.81. The SMILES string of the molecule is O=C(NCC(CO)C(O)c1ccccc1)[C@H]1C[C@@H](CCC2CCCCC2)CCN1. The van der Waals surface area contributed by atoms with Gasteiger partial charge in [-0.25, -0.2) is 0 Å². The molecule has 1 aliphatic carbocycles. The van der Waals surface area contributed by atoms with Crippen LogP contribution in [0.5, 0.6) is 0 Å². The molecule has 0 radical (unpaired) electrons. The fraction of sp³-hybridized carbons (Fsp3) is 0.708. The number of aliphatic hydroxyl groups excluding tert-OH is 2. The van der Waals surface area contributed by atoms with Crippen LogP contribution in [-0.2, 0) is 4.79 Å². The minimum absolute atomic E-state index is 0.00826. The normalized spacial score (nSPS) is 25.3. The predicted molar refractivity (Wildman–Crippen MR) is 115 cm³/mol. The summed E-state index contributed by atoms with van der Waals surface area (Å²) in [6, 6.07) is 9.15. The molecule has 1 aromatic carbocycles. The molecule has 1 saturated heterocycles. The fourth-order valence-electron chi connectivity index (χ4n) is 4.96. The van der Waals surface area contributed by atoms with E-state index in [2.05, 4.69) is 10.6 Å². The molecule has 1 aromatic rings. The predicted octanol–water partition coefficient (Wildman–Crippen LogP) is 3.17. The molecule has 0 aromatic heterocycles. The van der Waals surface area contributed by atoms with E-state index in [1.54, 1.807) is 0 Å². The third-order valence-electron chi connectivity index (χ3n) is 6.90. The summed E-state index contributed by atoms with van der Waals surface area (Å²) >= 11 is 0. The minimum atomic E-state index is -0.788. The molecule has 29 heavy (non-hydrogen) atoms. The highest BCUT2D eigenvalue weighted by Crippen LogP contribution is 2.31. The van der Waals surface area contributed by atoms with E-state index < -0.39 is 12.0 Å². The summed E-state index contributed by atoms with van der Waals surface area (Å²) in [5.74, 6) is 1.10. The third kappa shape index (κ3) is 6.80. The molecule has 4 N–H and O–H groups in total. The molecule has 0 spiro atoms. The Bertz CT molecular complexity index is 603. The van der Waals surface area contributed by atoms with Crippen molar-refractivity contribution in [1.29, 1.82) is 0 Å². The van der Waals surface area contributed by atoms with Gasteiger partial charge in [0, 0.05) is 12.5 Å². The number of hydrogen-bond donors (Lipinski definition) is 4. The Morgan fingerprint density at radius 3 is 2.52 bits per heavy atom. The van der Waals surface area contributed by atoms with Crippen LogP contribution in [0.2, 0.25) is 0 Å². The molecule has 1 amide bonds. The summed E-state index contributed by atoms with van der Waals surface area (Å²) < 4.78 is 0. The van der Waals surface area contributed by atoms with Gasteiger partial charge in [0.15, 0.2) is 0 Å². The number of nitrogens with one attached hydrogen (secondary N) is 2. The van der Waals surface area contributed by atoms with E-state index in [0.717, 1.165) is 30.9 Å². The Balaban J connectivity index is 1.42. The molecule has 2 aliphatic rings. The van der Waals surface area contributed by atoms with Crippen molar-refractivity contribution in [2.75, 3.05) is 19.7 Å². The average molecular weight is 403 g/mol. The van der Waals surface area contributed by atoms with Gasteiger partial charge in [0.2, 0.25) is 5.91 Å². The lowest BCUT2D eigenvalue weighted by Crippen LogP contribution is -2.50. The van der Waals surface area contributed by atoms with Crippen molar-refractivity contribution in [2.45, 2.75) is 69.9 Å². The summed E-state index contributed by atoms with van der Waals surface area (Å²) in [6.45, 7) is 0.998. The molecule has 5 nitrogen and oxygen atoms in total. The number of rotatable bonds is 9. The number of aliphatic hydroxyl groups is 2. The van der Waals surface area contributed by atoms with Crippen LogP contribution in [0.3, 0.4) is 0 Å². The number of amides is 1. The zero-order chi connectivity index (χ0) is 20.5. The quantitative estimate of drug-likeness (QED) is 0.511. The van der Waals surface area contributed by atoms with Gasteiger partial charge in [-0.1, -0.05) is 75.3 Å². The fourth-order valence-corrected chi connectivity index (χ4v) is 4.96.